The second kappa shape index (κ2) is 11.2. The normalized spacial score (nSPS) is 16.4. The molecule has 0 aliphatic heterocycles. The average molecular weight is 517 g/mol. The number of pyridine rings is 1. The number of aryl methyl sites for hydroxylation is 3. The van der Waals surface area contributed by atoms with Crippen LogP contribution in [-0.4, -0.2) is 31.9 Å². The number of fused-ring (bicyclic) bond motifs is 2. The summed E-state index contributed by atoms with van der Waals surface area (Å²) in [4.78, 5) is 38.3. The summed E-state index contributed by atoms with van der Waals surface area (Å²) < 4.78 is 0. The summed E-state index contributed by atoms with van der Waals surface area (Å²) in [5.41, 5.74) is 7.16. The fraction of sp³-hybridized carbons (Fsp3) is 0.345. The van der Waals surface area contributed by atoms with Crippen molar-refractivity contribution in [3.05, 3.63) is 81.5 Å². The molecule has 5 rings (SSSR count). The number of rotatable bonds is 8. The van der Waals surface area contributed by atoms with E-state index in [4.69, 9.17) is 26.7 Å². The van der Waals surface area contributed by atoms with E-state index in [1.54, 1.807) is 6.20 Å². The Morgan fingerprint density at radius 3 is 2.70 bits per heavy atom. The Kier molecular flexibility index (Phi) is 7.60. The van der Waals surface area contributed by atoms with Gasteiger partial charge in [0.05, 0.1) is 28.8 Å². The number of carbonyl (C=O) groups is 2. The topological polar surface area (TPSA) is 105 Å². The van der Waals surface area contributed by atoms with E-state index >= 15 is 0 Å². The number of carboxylic acids is 1. The molecule has 0 radical (unpaired) electrons. The molecule has 3 aromatic rings. The minimum Gasteiger partial charge on any atom is -0.481 e. The highest BCUT2D eigenvalue weighted by Crippen LogP contribution is 2.31. The molecule has 2 aliphatic rings. The van der Waals surface area contributed by atoms with Gasteiger partial charge in [-0.25, -0.2) is 9.97 Å². The zero-order chi connectivity index (χ0) is 25.8. The molecule has 1 atom stereocenters. The lowest BCUT2D eigenvalue weighted by Crippen LogP contribution is -2.32. The van der Waals surface area contributed by atoms with Crippen LogP contribution in [0.5, 0.6) is 0 Å². The molecule has 2 heterocycles. The minimum absolute atomic E-state index is 0.0320. The second-order valence-electron chi connectivity index (χ2n) is 9.62. The molecule has 2 aliphatic carbocycles. The lowest BCUT2D eigenvalue weighted by Gasteiger charge is -2.27. The van der Waals surface area contributed by atoms with Crippen molar-refractivity contribution in [1.29, 1.82) is 0 Å². The van der Waals surface area contributed by atoms with Crippen LogP contribution >= 0.6 is 11.6 Å². The average Bonchev–Trinajstić information content (AvgIpc) is 2.91. The molecule has 7 nitrogen and oxygen atoms in total. The SMILES string of the molecule is O=C(O)CCCCc1nc2c(nc1-c1ccc(Cl)cc1)CCC(C(=O)N[C@H]1CCCc3ccncc31)=C2. The second-order valence-corrected chi connectivity index (χ2v) is 10.1. The molecular weight excluding hydrogens is 488 g/mol. The molecule has 1 amide bonds. The molecule has 2 aromatic heterocycles. The van der Waals surface area contributed by atoms with Crippen LogP contribution in [0.2, 0.25) is 5.02 Å². The lowest BCUT2D eigenvalue weighted by molar-refractivity contribution is -0.137. The Morgan fingerprint density at radius 2 is 1.89 bits per heavy atom. The highest BCUT2D eigenvalue weighted by Gasteiger charge is 2.26. The van der Waals surface area contributed by atoms with E-state index in [-0.39, 0.29) is 18.4 Å². The van der Waals surface area contributed by atoms with E-state index in [9.17, 15) is 9.59 Å². The first kappa shape index (κ1) is 25.1. The van der Waals surface area contributed by atoms with Gasteiger partial charge >= 0.3 is 5.97 Å². The van der Waals surface area contributed by atoms with Crippen molar-refractivity contribution in [3.8, 4) is 11.3 Å². The summed E-state index contributed by atoms with van der Waals surface area (Å²) >= 11 is 6.09. The van der Waals surface area contributed by atoms with Crippen LogP contribution in [0.25, 0.3) is 17.3 Å². The number of unbranched alkanes of at least 4 members (excludes halogenated alkanes) is 1. The number of halogens is 1. The van der Waals surface area contributed by atoms with Gasteiger partial charge in [-0.1, -0.05) is 23.7 Å². The molecule has 0 bridgehead atoms. The van der Waals surface area contributed by atoms with E-state index in [0.717, 1.165) is 47.5 Å². The fourth-order valence-electron chi connectivity index (χ4n) is 5.10. The van der Waals surface area contributed by atoms with E-state index in [0.29, 0.717) is 48.4 Å². The van der Waals surface area contributed by atoms with E-state index in [1.807, 2.05) is 42.6 Å². The predicted octanol–water partition coefficient (Wildman–Crippen LogP) is 5.51. The van der Waals surface area contributed by atoms with Crippen LogP contribution in [-0.2, 0) is 28.9 Å². The number of hydrogen-bond acceptors (Lipinski definition) is 5. The van der Waals surface area contributed by atoms with E-state index < -0.39 is 5.97 Å². The number of carbonyl (C=O) groups excluding carboxylic acids is 1. The molecule has 0 spiro atoms. The predicted molar refractivity (Wildman–Crippen MR) is 142 cm³/mol. The van der Waals surface area contributed by atoms with Crippen molar-refractivity contribution in [2.45, 2.75) is 63.8 Å². The minimum atomic E-state index is -0.801. The molecular formula is C29H29ClN4O3. The molecule has 8 heteroatoms. The van der Waals surface area contributed by atoms with Crippen molar-refractivity contribution < 1.29 is 14.7 Å². The summed E-state index contributed by atoms with van der Waals surface area (Å²) in [6.45, 7) is 0. The Labute approximate surface area is 221 Å². The Morgan fingerprint density at radius 1 is 1.05 bits per heavy atom. The summed E-state index contributed by atoms with van der Waals surface area (Å²) in [6.07, 6.45) is 11.7. The number of benzene rings is 1. The quantitative estimate of drug-likeness (QED) is 0.382. The first-order valence-corrected chi connectivity index (χ1v) is 13.2. The molecule has 0 saturated heterocycles. The standard InChI is InChI=1S/C29H29ClN4O3/c30-21-11-8-19(9-12-21)28-25(5-1-2-7-27(35)36)32-26-16-20(10-13-24(26)33-28)29(37)34-23-6-3-4-18-14-15-31-17-22(18)23/h8-9,11-12,14-17,23H,1-7,10,13H2,(H,34,37)(H,35,36)/t23-/m0/s1. The van der Waals surface area contributed by atoms with Gasteiger partial charge in [0.25, 0.3) is 0 Å². The van der Waals surface area contributed by atoms with Crippen molar-refractivity contribution >= 4 is 29.6 Å². The van der Waals surface area contributed by atoms with Gasteiger partial charge in [0.15, 0.2) is 0 Å². The summed E-state index contributed by atoms with van der Waals surface area (Å²) in [5, 5.41) is 12.9. The van der Waals surface area contributed by atoms with Gasteiger partial charge in [0.1, 0.15) is 0 Å². The molecule has 1 aromatic carbocycles. The third-order valence-corrected chi connectivity index (χ3v) is 7.29. The van der Waals surface area contributed by atoms with Crippen LogP contribution in [0.15, 0.2) is 48.3 Å². The maximum absolute atomic E-state index is 13.2. The molecule has 0 unspecified atom stereocenters. The highest BCUT2D eigenvalue weighted by atomic mass is 35.5. The summed E-state index contributed by atoms with van der Waals surface area (Å²) in [7, 11) is 0. The third-order valence-electron chi connectivity index (χ3n) is 7.04. The van der Waals surface area contributed by atoms with Crippen LogP contribution in [0.3, 0.4) is 0 Å². The van der Waals surface area contributed by atoms with Gasteiger partial charge in [-0.3, -0.25) is 14.6 Å². The number of hydrogen-bond donors (Lipinski definition) is 2. The Balaban J connectivity index is 1.40. The van der Waals surface area contributed by atoms with Gasteiger partial charge in [-0.05, 0) is 86.8 Å². The summed E-state index contributed by atoms with van der Waals surface area (Å²) in [6, 6.07) is 9.51. The molecule has 37 heavy (non-hydrogen) atoms. The summed E-state index contributed by atoms with van der Waals surface area (Å²) in [5.74, 6) is -0.872. The van der Waals surface area contributed by atoms with Crippen LogP contribution in [0, 0.1) is 0 Å². The van der Waals surface area contributed by atoms with E-state index in [2.05, 4.69) is 10.3 Å². The van der Waals surface area contributed by atoms with Crippen LogP contribution in [0.1, 0.15) is 72.8 Å². The lowest BCUT2D eigenvalue weighted by atomic mass is 9.88. The molecule has 0 fully saturated rings. The maximum Gasteiger partial charge on any atom is 0.303 e. The molecule has 0 saturated carbocycles. The molecule has 190 valence electrons. The third kappa shape index (κ3) is 5.88. The van der Waals surface area contributed by atoms with Crippen molar-refractivity contribution in [2.75, 3.05) is 0 Å². The first-order chi connectivity index (χ1) is 18.0. The first-order valence-electron chi connectivity index (χ1n) is 12.8. The van der Waals surface area contributed by atoms with Gasteiger partial charge in [0, 0.05) is 35.0 Å². The largest absolute Gasteiger partial charge is 0.481 e. The number of aliphatic carboxylic acids is 1. The zero-order valence-electron chi connectivity index (χ0n) is 20.5. The molecule has 2 N–H and O–H groups in total. The fourth-order valence-corrected chi connectivity index (χ4v) is 5.23. The van der Waals surface area contributed by atoms with Gasteiger partial charge in [-0.15, -0.1) is 0 Å². The number of carboxylic acid groups (broad SMARTS) is 1. The van der Waals surface area contributed by atoms with Gasteiger partial charge in [0.2, 0.25) is 5.91 Å². The van der Waals surface area contributed by atoms with Gasteiger partial charge in [-0.2, -0.15) is 0 Å². The number of amides is 1. The van der Waals surface area contributed by atoms with Crippen LogP contribution < -0.4 is 5.32 Å². The van der Waals surface area contributed by atoms with Crippen molar-refractivity contribution in [1.82, 2.24) is 20.3 Å². The number of nitrogens with zero attached hydrogens (tertiary/aromatic N) is 3. The zero-order valence-corrected chi connectivity index (χ0v) is 21.3. The smallest absolute Gasteiger partial charge is 0.303 e. The van der Waals surface area contributed by atoms with Gasteiger partial charge < -0.3 is 10.4 Å². The van der Waals surface area contributed by atoms with Crippen molar-refractivity contribution in [3.63, 3.8) is 0 Å². The van der Waals surface area contributed by atoms with E-state index in [1.165, 1.54) is 5.56 Å². The number of aromatic nitrogens is 3. The highest BCUT2D eigenvalue weighted by molar-refractivity contribution is 6.30. The Bertz CT molecular complexity index is 1350. The Hall–Kier alpha value is -3.58. The number of nitrogens with one attached hydrogen (secondary N) is 1. The monoisotopic (exact) mass is 516 g/mol. The maximum atomic E-state index is 13.2. The van der Waals surface area contributed by atoms with Crippen molar-refractivity contribution in [2.24, 2.45) is 0 Å². The van der Waals surface area contributed by atoms with Crippen LogP contribution in [0.4, 0.5) is 0 Å².